The molecule has 1 aromatic carbocycles. The highest BCUT2D eigenvalue weighted by Crippen LogP contribution is 2.39. The molecule has 0 unspecified atom stereocenters. The van der Waals surface area contributed by atoms with E-state index in [1.165, 1.54) is 0 Å². The summed E-state index contributed by atoms with van der Waals surface area (Å²) in [5.41, 5.74) is 2.92. The third-order valence-electron chi connectivity index (χ3n) is 2.79. The standard InChI is InChI=1S/C11H9NO2/c12-6-9-7-1-3-13-10(7)5-11-8(9)2-4-14-11/h5H,1-4H2. The quantitative estimate of drug-likeness (QED) is 0.617. The molecule has 0 aromatic heterocycles. The monoisotopic (exact) mass is 187 g/mol. The third kappa shape index (κ3) is 0.856. The zero-order valence-corrected chi connectivity index (χ0v) is 7.67. The van der Waals surface area contributed by atoms with Crippen molar-refractivity contribution in [3.05, 3.63) is 22.8 Å². The van der Waals surface area contributed by atoms with Crippen LogP contribution in [0.15, 0.2) is 6.07 Å². The van der Waals surface area contributed by atoms with E-state index in [9.17, 15) is 0 Å². The summed E-state index contributed by atoms with van der Waals surface area (Å²) in [7, 11) is 0. The van der Waals surface area contributed by atoms with E-state index in [0.29, 0.717) is 13.2 Å². The third-order valence-corrected chi connectivity index (χ3v) is 2.79. The van der Waals surface area contributed by atoms with Gasteiger partial charge >= 0.3 is 0 Å². The number of nitriles is 1. The zero-order valence-electron chi connectivity index (χ0n) is 7.67. The van der Waals surface area contributed by atoms with Gasteiger partial charge in [0.05, 0.1) is 24.8 Å². The SMILES string of the molecule is N#Cc1c2c(cc3c1CCO3)OCC2. The number of nitrogens with zero attached hydrogens (tertiary/aromatic N) is 1. The van der Waals surface area contributed by atoms with E-state index < -0.39 is 0 Å². The van der Waals surface area contributed by atoms with Crippen molar-refractivity contribution in [2.45, 2.75) is 12.8 Å². The number of fused-ring (bicyclic) bond motifs is 2. The van der Waals surface area contributed by atoms with E-state index in [2.05, 4.69) is 6.07 Å². The van der Waals surface area contributed by atoms with Gasteiger partial charge in [0.15, 0.2) is 0 Å². The normalized spacial score (nSPS) is 16.5. The lowest BCUT2D eigenvalue weighted by Crippen LogP contribution is -1.91. The minimum atomic E-state index is 0.687. The summed E-state index contributed by atoms with van der Waals surface area (Å²) in [5.74, 6) is 1.67. The fraction of sp³-hybridized carbons (Fsp3) is 0.364. The predicted molar refractivity (Wildman–Crippen MR) is 49.6 cm³/mol. The fourth-order valence-corrected chi connectivity index (χ4v) is 2.14. The lowest BCUT2D eigenvalue weighted by atomic mass is 9.98. The summed E-state index contributed by atoms with van der Waals surface area (Å²) in [5, 5.41) is 9.10. The summed E-state index contributed by atoms with van der Waals surface area (Å²) < 4.78 is 10.9. The summed E-state index contributed by atoms with van der Waals surface area (Å²) in [6.45, 7) is 1.37. The average Bonchev–Trinajstić information content (AvgIpc) is 2.80. The Morgan fingerprint density at radius 3 is 2.14 bits per heavy atom. The zero-order chi connectivity index (χ0) is 9.54. The van der Waals surface area contributed by atoms with Crippen molar-refractivity contribution in [3.8, 4) is 17.6 Å². The van der Waals surface area contributed by atoms with Gasteiger partial charge in [0.25, 0.3) is 0 Å². The molecule has 0 amide bonds. The largest absolute Gasteiger partial charge is 0.493 e. The van der Waals surface area contributed by atoms with E-state index in [1.807, 2.05) is 6.07 Å². The van der Waals surface area contributed by atoms with Crippen molar-refractivity contribution in [2.24, 2.45) is 0 Å². The molecule has 0 spiro atoms. The van der Waals surface area contributed by atoms with E-state index >= 15 is 0 Å². The van der Waals surface area contributed by atoms with Crippen LogP contribution in [0.3, 0.4) is 0 Å². The molecule has 1 aromatic rings. The molecule has 14 heavy (non-hydrogen) atoms. The van der Waals surface area contributed by atoms with Crippen molar-refractivity contribution in [1.82, 2.24) is 0 Å². The first kappa shape index (κ1) is 7.69. The lowest BCUT2D eigenvalue weighted by molar-refractivity contribution is 0.342. The van der Waals surface area contributed by atoms with E-state index in [4.69, 9.17) is 14.7 Å². The van der Waals surface area contributed by atoms with Crippen molar-refractivity contribution in [2.75, 3.05) is 13.2 Å². The van der Waals surface area contributed by atoms with Crippen LogP contribution in [0.25, 0.3) is 0 Å². The molecular formula is C11H9NO2. The number of hydrogen-bond donors (Lipinski definition) is 0. The van der Waals surface area contributed by atoms with Gasteiger partial charge in [0, 0.05) is 30.0 Å². The Morgan fingerprint density at radius 1 is 1.07 bits per heavy atom. The first-order valence-corrected chi connectivity index (χ1v) is 4.74. The van der Waals surface area contributed by atoms with Gasteiger partial charge in [-0.2, -0.15) is 5.26 Å². The van der Waals surface area contributed by atoms with Crippen LogP contribution in [-0.2, 0) is 12.8 Å². The minimum Gasteiger partial charge on any atom is -0.493 e. The van der Waals surface area contributed by atoms with Crippen LogP contribution in [0.5, 0.6) is 11.5 Å². The molecule has 0 fully saturated rings. The second-order valence-electron chi connectivity index (χ2n) is 3.51. The molecule has 0 bridgehead atoms. The van der Waals surface area contributed by atoms with E-state index in [0.717, 1.165) is 41.0 Å². The van der Waals surface area contributed by atoms with E-state index in [-0.39, 0.29) is 0 Å². The Balaban J connectivity index is 2.30. The molecule has 3 rings (SSSR count). The minimum absolute atomic E-state index is 0.687. The summed E-state index contributed by atoms with van der Waals surface area (Å²) >= 11 is 0. The molecule has 70 valence electrons. The van der Waals surface area contributed by atoms with Crippen LogP contribution in [0.4, 0.5) is 0 Å². The smallest absolute Gasteiger partial charge is 0.127 e. The molecular weight excluding hydrogens is 178 g/mol. The van der Waals surface area contributed by atoms with E-state index in [1.54, 1.807) is 0 Å². The summed E-state index contributed by atoms with van der Waals surface area (Å²) in [6.07, 6.45) is 1.71. The number of ether oxygens (including phenoxy) is 2. The van der Waals surface area contributed by atoms with Crippen LogP contribution in [0.2, 0.25) is 0 Å². The predicted octanol–water partition coefficient (Wildman–Crippen LogP) is 1.43. The summed E-state index contributed by atoms with van der Waals surface area (Å²) in [4.78, 5) is 0. The molecule has 2 heterocycles. The Labute approximate surface area is 81.9 Å². The van der Waals surface area contributed by atoms with Crippen LogP contribution in [0, 0.1) is 11.3 Å². The Hall–Kier alpha value is -1.69. The molecule has 2 aliphatic rings. The topological polar surface area (TPSA) is 42.2 Å². The molecule has 0 aliphatic carbocycles. The maximum Gasteiger partial charge on any atom is 0.127 e. The van der Waals surface area contributed by atoms with Crippen LogP contribution >= 0.6 is 0 Å². The molecule has 0 atom stereocenters. The van der Waals surface area contributed by atoms with Crippen molar-refractivity contribution in [1.29, 1.82) is 5.26 Å². The van der Waals surface area contributed by atoms with Crippen molar-refractivity contribution < 1.29 is 9.47 Å². The summed E-state index contributed by atoms with van der Waals surface area (Å²) in [6, 6.07) is 4.19. The number of rotatable bonds is 0. The van der Waals surface area contributed by atoms with Crippen LogP contribution < -0.4 is 9.47 Å². The second-order valence-corrected chi connectivity index (χ2v) is 3.51. The Morgan fingerprint density at radius 2 is 1.64 bits per heavy atom. The molecule has 0 radical (unpaired) electrons. The van der Waals surface area contributed by atoms with Gasteiger partial charge < -0.3 is 9.47 Å². The van der Waals surface area contributed by atoms with Crippen LogP contribution in [0.1, 0.15) is 16.7 Å². The highest BCUT2D eigenvalue weighted by atomic mass is 16.5. The van der Waals surface area contributed by atoms with Crippen LogP contribution in [-0.4, -0.2) is 13.2 Å². The van der Waals surface area contributed by atoms with Gasteiger partial charge in [-0.1, -0.05) is 0 Å². The Kier molecular flexibility index (Phi) is 1.45. The van der Waals surface area contributed by atoms with Gasteiger partial charge in [-0.25, -0.2) is 0 Å². The molecule has 3 nitrogen and oxygen atoms in total. The molecule has 2 aliphatic heterocycles. The highest BCUT2D eigenvalue weighted by molar-refractivity contribution is 5.60. The molecule has 0 N–H and O–H groups in total. The van der Waals surface area contributed by atoms with Crippen molar-refractivity contribution >= 4 is 0 Å². The van der Waals surface area contributed by atoms with Crippen molar-refractivity contribution in [3.63, 3.8) is 0 Å². The number of hydrogen-bond acceptors (Lipinski definition) is 3. The maximum atomic E-state index is 9.10. The molecule has 0 saturated carbocycles. The lowest BCUT2D eigenvalue weighted by Gasteiger charge is -2.05. The Bertz CT molecular complexity index is 413. The average molecular weight is 187 g/mol. The molecule has 3 heteroatoms. The fourth-order valence-electron chi connectivity index (χ4n) is 2.14. The van der Waals surface area contributed by atoms with Gasteiger partial charge in [-0.05, 0) is 0 Å². The second kappa shape index (κ2) is 2.65. The number of benzene rings is 1. The highest BCUT2D eigenvalue weighted by Gasteiger charge is 2.25. The van der Waals surface area contributed by atoms with Gasteiger partial charge in [0.2, 0.25) is 0 Å². The van der Waals surface area contributed by atoms with Gasteiger partial charge in [-0.3, -0.25) is 0 Å². The maximum absolute atomic E-state index is 9.10. The van der Waals surface area contributed by atoms with Gasteiger partial charge in [0.1, 0.15) is 11.5 Å². The first-order valence-electron chi connectivity index (χ1n) is 4.74. The van der Waals surface area contributed by atoms with Gasteiger partial charge in [-0.15, -0.1) is 0 Å². The first-order chi connectivity index (χ1) is 6.90. The molecule has 0 saturated heterocycles.